The lowest BCUT2D eigenvalue weighted by Crippen LogP contribution is -2.40. The molecule has 6 nitrogen and oxygen atoms in total. The van der Waals surface area contributed by atoms with E-state index in [4.69, 9.17) is 0 Å². The van der Waals surface area contributed by atoms with Gasteiger partial charge in [-0.2, -0.15) is 0 Å². The van der Waals surface area contributed by atoms with E-state index in [0.717, 1.165) is 43.4 Å². The quantitative estimate of drug-likeness (QED) is 0.217. The van der Waals surface area contributed by atoms with Crippen molar-refractivity contribution in [1.82, 2.24) is 15.2 Å². The lowest BCUT2D eigenvalue weighted by atomic mass is 9.90. The van der Waals surface area contributed by atoms with E-state index in [1.807, 2.05) is 54.7 Å². The van der Waals surface area contributed by atoms with Gasteiger partial charge in [-0.05, 0) is 67.1 Å². The van der Waals surface area contributed by atoms with Gasteiger partial charge in [0.1, 0.15) is 5.82 Å². The molecule has 3 aromatic carbocycles. The van der Waals surface area contributed by atoms with Crippen molar-refractivity contribution < 1.29 is 4.79 Å². The normalized spacial score (nSPS) is 14.1. The fraction of sp³-hybridized carbons (Fsp3) is 0.257. The minimum absolute atomic E-state index is 0.199. The lowest BCUT2D eigenvalue weighted by Gasteiger charge is -2.32. The summed E-state index contributed by atoms with van der Waals surface area (Å²) in [5.74, 6) is 1.51. The van der Waals surface area contributed by atoms with E-state index < -0.39 is 0 Å². The van der Waals surface area contributed by atoms with Crippen molar-refractivity contribution in [3.63, 3.8) is 0 Å². The molecule has 5 rings (SSSR count). The minimum Gasteiger partial charge on any atom is -0.337 e. The molecule has 2 N–H and O–H groups in total. The Hall–Kier alpha value is -4.42. The van der Waals surface area contributed by atoms with E-state index in [1.54, 1.807) is 6.20 Å². The van der Waals surface area contributed by atoms with Gasteiger partial charge < -0.3 is 20.4 Å². The molecule has 0 radical (unpaired) electrons. The van der Waals surface area contributed by atoms with E-state index in [1.165, 1.54) is 24.0 Å². The maximum Gasteiger partial charge on any atom is 0.319 e. The number of hydrogen-bond donors (Lipinski definition) is 2. The molecular weight excluding hydrogens is 506 g/mol. The molecule has 0 spiro atoms. The Balaban J connectivity index is 1.11. The van der Waals surface area contributed by atoms with Crippen LogP contribution in [0.4, 0.5) is 16.3 Å². The van der Waals surface area contributed by atoms with Crippen molar-refractivity contribution in [3.05, 3.63) is 132 Å². The predicted octanol–water partition coefficient (Wildman–Crippen LogP) is 6.84. The van der Waals surface area contributed by atoms with Crippen LogP contribution in [0.2, 0.25) is 0 Å². The molecule has 0 bridgehead atoms. The standard InChI is InChI=1S/C35H39N5O/c41-35(37-21-25-39-22-17-31(18-23-39)26-30-12-6-2-7-13-30)38-33-16-20-36-34(27-33)40(28-32-14-8-3-9-15-32)24-19-29-10-4-1-5-11-29/h1-16,19-20,24,27,31H,17-18,21-23,25-26,28H2,(H2,36,37,38,41). The third-order valence-corrected chi connectivity index (χ3v) is 7.53. The Labute approximate surface area is 243 Å². The molecule has 1 fully saturated rings. The average molecular weight is 546 g/mol. The maximum absolute atomic E-state index is 12.7. The molecule has 1 aromatic heterocycles. The number of piperidine rings is 1. The van der Waals surface area contributed by atoms with Crippen LogP contribution in [0, 0.1) is 5.92 Å². The first-order valence-corrected chi connectivity index (χ1v) is 14.5. The van der Waals surface area contributed by atoms with Gasteiger partial charge in [0.15, 0.2) is 0 Å². The molecule has 6 heteroatoms. The number of nitrogens with one attached hydrogen (secondary N) is 2. The maximum atomic E-state index is 12.7. The van der Waals surface area contributed by atoms with Crippen LogP contribution in [-0.4, -0.2) is 42.1 Å². The molecule has 0 atom stereocenters. The Kier molecular flexibility index (Phi) is 10.2. The first-order chi connectivity index (χ1) is 20.2. The first kappa shape index (κ1) is 28.1. The number of carbonyl (C=O) groups is 1. The smallest absolute Gasteiger partial charge is 0.319 e. The summed E-state index contributed by atoms with van der Waals surface area (Å²) in [7, 11) is 0. The molecule has 4 aromatic rings. The van der Waals surface area contributed by atoms with Crippen LogP contribution < -0.4 is 15.5 Å². The molecule has 1 aliphatic heterocycles. The number of likely N-dealkylation sites (tertiary alicyclic amines) is 1. The summed E-state index contributed by atoms with van der Waals surface area (Å²) in [6.07, 6.45) is 9.42. The summed E-state index contributed by atoms with van der Waals surface area (Å²) >= 11 is 0. The number of hydrogen-bond acceptors (Lipinski definition) is 4. The summed E-state index contributed by atoms with van der Waals surface area (Å²) in [5.41, 5.74) is 4.42. The van der Waals surface area contributed by atoms with Gasteiger partial charge in [-0.3, -0.25) is 0 Å². The minimum atomic E-state index is -0.199. The average Bonchev–Trinajstić information content (AvgIpc) is 3.02. The Morgan fingerprint density at radius 2 is 1.54 bits per heavy atom. The molecule has 1 saturated heterocycles. The summed E-state index contributed by atoms with van der Waals surface area (Å²) in [6.45, 7) is 4.31. The lowest BCUT2D eigenvalue weighted by molar-refractivity contribution is 0.184. The highest BCUT2D eigenvalue weighted by molar-refractivity contribution is 5.89. The van der Waals surface area contributed by atoms with E-state index in [9.17, 15) is 4.79 Å². The molecule has 0 saturated carbocycles. The zero-order valence-electron chi connectivity index (χ0n) is 23.5. The van der Waals surface area contributed by atoms with Gasteiger partial charge in [-0.15, -0.1) is 0 Å². The molecule has 210 valence electrons. The van der Waals surface area contributed by atoms with Crippen molar-refractivity contribution in [2.45, 2.75) is 25.8 Å². The molecule has 41 heavy (non-hydrogen) atoms. The zero-order valence-corrected chi connectivity index (χ0v) is 23.5. The van der Waals surface area contributed by atoms with Crippen molar-refractivity contribution in [1.29, 1.82) is 0 Å². The highest BCUT2D eigenvalue weighted by Crippen LogP contribution is 2.22. The van der Waals surface area contributed by atoms with Crippen molar-refractivity contribution in [2.75, 3.05) is 36.4 Å². The van der Waals surface area contributed by atoms with Crippen molar-refractivity contribution in [2.24, 2.45) is 5.92 Å². The molecular formula is C35H39N5O. The third-order valence-electron chi connectivity index (χ3n) is 7.53. The van der Waals surface area contributed by atoms with Crippen molar-refractivity contribution >= 4 is 23.6 Å². The molecule has 2 amide bonds. The zero-order chi connectivity index (χ0) is 28.1. The molecule has 2 heterocycles. The summed E-state index contributed by atoms with van der Waals surface area (Å²) in [6, 6.07) is 34.8. The number of rotatable bonds is 11. The van der Waals surface area contributed by atoms with Crippen LogP contribution in [0.3, 0.4) is 0 Å². The largest absolute Gasteiger partial charge is 0.337 e. The van der Waals surface area contributed by atoms with E-state index in [-0.39, 0.29) is 6.03 Å². The second-order valence-electron chi connectivity index (χ2n) is 10.6. The van der Waals surface area contributed by atoms with Gasteiger partial charge in [0.2, 0.25) is 0 Å². The van der Waals surface area contributed by atoms with E-state index >= 15 is 0 Å². The second kappa shape index (κ2) is 14.8. The third kappa shape index (κ3) is 9.05. The van der Waals surface area contributed by atoms with Crippen molar-refractivity contribution in [3.8, 4) is 0 Å². The number of benzene rings is 3. The number of carbonyl (C=O) groups excluding carboxylic acids is 1. The SMILES string of the molecule is O=C(NCCN1CCC(Cc2ccccc2)CC1)Nc1ccnc(N(C=Cc2ccccc2)Cc2ccccc2)c1. The van der Waals surface area contributed by atoms with Crippen LogP contribution >= 0.6 is 0 Å². The fourth-order valence-corrected chi connectivity index (χ4v) is 5.25. The van der Waals surface area contributed by atoms with Gasteiger partial charge in [-0.1, -0.05) is 91.0 Å². The molecule has 1 aliphatic rings. The number of aromatic nitrogens is 1. The van der Waals surface area contributed by atoms with Gasteiger partial charge in [-0.25, -0.2) is 9.78 Å². The first-order valence-electron chi connectivity index (χ1n) is 14.5. The Bertz CT molecular complexity index is 1370. The number of amides is 2. The van der Waals surface area contributed by atoms with E-state index in [0.29, 0.717) is 18.8 Å². The molecule has 0 unspecified atom stereocenters. The summed E-state index contributed by atoms with van der Waals surface area (Å²) < 4.78 is 0. The van der Waals surface area contributed by atoms with Crippen LogP contribution in [0.5, 0.6) is 0 Å². The highest BCUT2D eigenvalue weighted by atomic mass is 16.2. The van der Waals surface area contributed by atoms with Gasteiger partial charge in [0.05, 0.1) is 0 Å². The number of nitrogens with zero attached hydrogens (tertiary/aromatic N) is 3. The topological polar surface area (TPSA) is 60.5 Å². The Morgan fingerprint density at radius 1 is 0.878 bits per heavy atom. The summed E-state index contributed by atoms with van der Waals surface area (Å²) in [5, 5.41) is 6.01. The number of anilines is 2. The number of pyridine rings is 1. The van der Waals surface area contributed by atoms with Gasteiger partial charge >= 0.3 is 6.03 Å². The van der Waals surface area contributed by atoms with E-state index in [2.05, 4.69) is 86.1 Å². The monoisotopic (exact) mass is 545 g/mol. The van der Waals surface area contributed by atoms with Gasteiger partial charge in [0, 0.05) is 43.8 Å². The van der Waals surface area contributed by atoms with Crippen LogP contribution in [0.1, 0.15) is 29.5 Å². The summed E-state index contributed by atoms with van der Waals surface area (Å²) in [4.78, 5) is 21.9. The Morgan fingerprint density at radius 3 is 2.24 bits per heavy atom. The highest BCUT2D eigenvalue weighted by Gasteiger charge is 2.19. The fourth-order valence-electron chi connectivity index (χ4n) is 5.25. The van der Waals surface area contributed by atoms with Crippen LogP contribution in [0.25, 0.3) is 6.08 Å². The van der Waals surface area contributed by atoms with Crippen LogP contribution in [-0.2, 0) is 13.0 Å². The molecule has 0 aliphatic carbocycles. The number of urea groups is 1. The second-order valence-corrected chi connectivity index (χ2v) is 10.6. The van der Waals surface area contributed by atoms with Crippen LogP contribution in [0.15, 0.2) is 116 Å². The predicted molar refractivity (Wildman–Crippen MR) is 169 cm³/mol. The van der Waals surface area contributed by atoms with Gasteiger partial charge in [0.25, 0.3) is 0 Å².